The van der Waals surface area contributed by atoms with Crippen LogP contribution < -0.4 is 10.6 Å². The molecule has 21 heavy (non-hydrogen) atoms. The summed E-state index contributed by atoms with van der Waals surface area (Å²) in [5.41, 5.74) is 6.32. The van der Waals surface area contributed by atoms with E-state index in [9.17, 15) is 9.18 Å². The van der Waals surface area contributed by atoms with E-state index in [2.05, 4.69) is 16.8 Å². The van der Waals surface area contributed by atoms with Gasteiger partial charge in [0.15, 0.2) is 0 Å². The SMILES string of the molecule is CN(C(=O)c1ccc(C#CCN)cc1F)c1cccnc1. The highest BCUT2D eigenvalue weighted by atomic mass is 19.1. The van der Waals surface area contributed by atoms with Crippen molar-refractivity contribution in [2.24, 2.45) is 5.73 Å². The zero-order valence-electron chi connectivity index (χ0n) is 11.5. The van der Waals surface area contributed by atoms with Gasteiger partial charge in [-0.05, 0) is 30.3 Å². The van der Waals surface area contributed by atoms with Gasteiger partial charge in [0.25, 0.3) is 5.91 Å². The Morgan fingerprint density at radius 1 is 1.43 bits per heavy atom. The van der Waals surface area contributed by atoms with Crippen molar-refractivity contribution in [1.29, 1.82) is 0 Å². The zero-order valence-corrected chi connectivity index (χ0v) is 11.5. The second-order valence-corrected chi connectivity index (χ2v) is 4.28. The average Bonchev–Trinajstić information content (AvgIpc) is 2.52. The highest BCUT2D eigenvalue weighted by Crippen LogP contribution is 2.16. The average molecular weight is 283 g/mol. The molecule has 0 aliphatic carbocycles. The van der Waals surface area contributed by atoms with Crippen LogP contribution in [-0.4, -0.2) is 24.5 Å². The smallest absolute Gasteiger partial charge is 0.261 e. The standard InChI is InChI=1S/C16H14FN3O/c1-20(13-5-3-9-19-11-13)16(21)14-7-6-12(4-2-8-18)10-15(14)17/h3,5-7,9-11H,8,18H2,1H3. The highest BCUT2D eigenvalue weighted by Gasteiger charge is 2.17. The summed E-state index contributed by atoms with van der Waals surface area (Å²) in [4.78, 5) is 17.6. The topological polar surface area (TPSA) is 59.2 Å². The van der Waals surface area contributed by atoms with Gasteiger partial charge in [-0.1, -0.05) is 11.8 Å². The molecule has 2 N–H and O–H groups in total. The number of pyridine rings is 1. The lowest BCUT2D eigenvalue weighted by Gasteiger charge is -2.17. The normalized spacial score (nSPS) is 9.67. The predicted octanol–water partition coefficient (Wildman–Crippen LogP) is 1.81. The molecule has 106 valence electrons. The van der Waals surface area contributed by atoms with Crippen molar-refractivity contribution >= 4 is 11.6 Å². The van der Waals surface area contributed by atoms with Gasteiger partial charge in [0, 0.05) is 18.8 Å². The lowest BCUT2D eigenvalue weighted by atomic mass is 10.1. The van der Waals surface area contributed by atoms with E-state index in [-0.39, 0.29) is 12.1 Å². The van der Waals surface area contributed by atoms with Crippen molar-refractivity contribution in [2.45, 2.75) is 0 Å². The van der Waals surface area contributed by atoms with Gasteiger partial charge >= 0.3 is 0 Å². The molecule has 0 bridgehead atoms. The fourth-order valence-corrected chi connectivity index (χ4v) is 1.77. The lowest BCUT2D eigenvalue weighted by molar-refractivity contribution is 0.0989. The number of anilines is 1. The largest absolute Gasteiger partial charge is 0.320 e. The summed E-state index contributed by atoms with van der Waals surface area (Å²) in [6.07, 6.45) is 3.14. The second kappa shape index (κ2) is 6.64. The lowest BCUT2D eigenvalue weighted by Crippen LogP contribution is -2.27. The molecule has 1 aromatic heterocycles. The monoisotopic (exact) mass is 283 g/mol. The van der Waals surface area contributed by atoms with Crippen LogP contribution in [0.3, 0.4) is 0 Å². The molecule has 2 aromatic rings. The molecule has 2 rings (SSSR count). The Morgan fingerprint density at radius 3 is 2.86 bits per heavy atom. The first-order valence-electron chi connectivity index (χ1n) is 6.30. The summed E-state index contributed by atoms with van der Waals surface area (Å²) < 4.78 is 14.0. The van der Waals surface area contributed by atoms with Crippen LogP contribution in [0.15, 0.2) is 42.7 Å². The van der Waals surface area contributed by atoms with Crippen LogP contribution in [0, 0.1) is 17.7 Å². The van der Waals surface area contributed by atoms with Crippen molar-refractivity contribution in [2.75, 3.05) is 18.5 Å². The van der Waals surface area contributed by atoms with Crippen molar-refractivity contribution in [1.82, 2.24) is 4.98 Å². The van der Waals surface area contributed by atoms with Crippen LogP contribution >= 0.6 is 0 Å². The van der Waals surface area contributed by atoms with E-state index in [1.807, 2.05) is 0 Å². The van der Waals surface area contributed by atoms with Gasteiger partial charge in [-0.15, -0.1) is 0 Å². The Bertz CT molecular complexity index is 704. The summed E-state index contributed by atoms with van der Waals surface area (Å²) in [6.45, 7) is 0.200. The molecule has 4 nitrogen and oxygen atoms in total. The maximum atomic E-state index is 14.0. The number of amides is 1. The number of hydrogen-bond donors (Lipinski definition) is 1. The molecule has 5 heteroatoms. The number of carbonyl (C=O) groups excluding carboxylic acids is 1. The fourth-order valence-electron chi connectivity index (χ4n) is 1.77. The molecule has 0 unspecified atom stereocenters. The summed E-state index contributed by atoms with van der Waals surface area (Å²) in [5, 5.41) is 0. The molecule has 0 radical (unpaired) electrons. The quantitative estimate of drug-likeness (QED) is 0.855. The molecule has 0 fully saturated rings. The number of hydrogen-bond acceptors (Lipinski definition) is 3. The maximum absolute atomic E-state index is 14.0. The van der Waals surface area contributed by atoms with Crippen LogP contribution in [0.4, 0.5) is 10.1 Å². The summed E-state index contributed by atoms with van der Waals surface area (Å²) in [5.74, 6) is 4.30. The molecule has 0 aliphatic heterocycles. The van der Waals surface area contributed by atoms with Crippen molar-refractivity contribution < 1.29 is 9.18 Å². The molecular formula is C16H14FN3O. The Labute approximate surface area is 122 Å². The molecule has 0 atom stereocenters. The van der Waals surface area contributed by atoms with Gasteiger partial charge in [0.05, 0.1) is 24.0 Å². The number of aromatic nitrogens is 1. The van der Waals surface area contributed by atoms with Crippen LogP contribution in [0.5, 0.6) is 0 Å². The Balaban J connectivity index is 2.27. The Morgan fingerprint density at radius 2 is 2.24 bits per heavy atom. The van der Waals surface area contributed by atoms with Gasteiger partial charge < -0.3 is 10.6 Å². The van der Waals surface area contributed by atoms with Crippen molar-refractivity contribution in [3.8, 4) is 11.8 Å². The minimum absolute atomic E-state index is 0.0142. The molecular weight excluding hydrogens is 269 g/mol. The number of carbonyl (C=O) groups is 1. The minimum Gasteiger partial charge on any atom is -0.320 e. The molecule has 0 saturated carbocycles. The number of halogens is 1. The van der Waals surface area contributed by atoms with Gasteiger partial charge in [-0.2, -0.15) is 0 Å². The fraction of sp³-hybridized carbons (Fsp3) is 0.125. The maximum Gasteiger partial charge on any atom is 0.261 e. The van der Waals surface area contributed by atoms with Crippen LogP contribution in [0.1, 0.15) is 15.9 Å². The molecule has 0 saturated heterocycles. The summed E-state index contributed by atoms with van der Waals surface area (Å²) in [6, 6.07) is 7.68. The van der Waals surface area contributed by atoms with Gasteiger partial charge in [0.1, 0.15) is 5.82 Å². The van der Waals surface area contributed by atoms with Crippen molar-refractivity contribution in [3.63, 3.8) is 0 Å². The van der Waals surface area contributed by atoms with E-state index in [1.165, 1.54) is 23.2 Å². The third-order valence-electron chi connectivity index (χ3n) is 2.87. The van der Waals surface area contributed by atoms with E-state index in [0.717, 1.165) is 0 Å². The van der Waals surface area contributed by atoms with Gasteiger partial charge in [-0.3, -0.25) is 9.78 Å². The molecule has 0 spiro atoms. The van der Waals surface area contributed by atoms with E-state index in [0.29, 0.717) is 11.3 Å². The second-order valence-electron chi connectivity index (χ2n) is 4.28. The number of nitrogens with zero attached hydrogens (tertiary/aromatic N) is 2. The van der Waals surface area contributed by atoms with E-state index >= 15 is 0 Å². The van der Waals surface area contributed by atoms with Gasteiger partial charge in [-0.25, -0.2) is 4.39 Å². The highest BCUT2D eigenvalue weighted by molar-refractivity contribution is 6.05. The third-order valence-corrected chi connectivity index (χ3v) is 2.87. The Hall–Kier alpha value is -2.71. The van der Waals surface area contributed by atoms with E-state index < -0.39 is 11.7 Å². The predicted molar refractivity (Wildman–Crippen MR) is 79.3 cm³/mol. The first kappa shape index (κ1) is 14.7. The minimum atomic E-state index is -0.612. The van der Waals surface area contributed by atoms with Gasteiger partial charge in [0.2, 0.25) is 0 Å². The molecule has 0 aliphatic rings. The first-order chi connectivity index (χ1) is 10.1. The molecule has 1 amide bonds. The van der Waals surface area contributed by atoms with Crippen LogP contribution in [-0.2, 0) is 0 Å². The Kier molecular flexibility index (Phi) is 4.64. The van der Waals surface area contributed by atoms with E-state index in [1.54, 1.807) is 31.4 Å². The van der Waals surface area contributed by atoms with Crippen LogP contribution in [0.2, 0.25) is 0 Å². The number of benzene rings is 1. The van der Waals surface area contributed by atoms with Crippen molar-refractivity contribution in [3.05, 3.63) is 59.7 Å². The summed E-state index contributed by atoms with van der Waals surface area (Å²) >= 11 is 0. The van der Waals surface area contributed by atoms with E-state index in [4.69, 9.17) is 5.73 Å². The molecule has 1 aromatic carbocycles. The molecule has 1 heterocycles. The number of nitrogens with two attached hydrogens (primary N) is 1. The van der Waals surface area contributed by atoms with Crippen LogP contribution in [0.25, 0.3) is 0 Å². The summed E-state index contributed by atoms with van der Waals surface area (Å²) in [7, 11) is 1.57. The number of rotatable bonds is 2. The first-order valence-corrected chi connectivity index (χ1v) is 6.30. The zero-order chi connectivity index (χ0) is 15.2. The third kappa shape index (κ3) is 3.44.